The molecule has 0 aliphatic carbocycles. The molecule has 232 valence electrons. The average molecular weight is 648 g/mol. The number of hydrogen-bond acceptors (Lipinski definition) is 3. The first-order valence-corrected chi connectivity index (χ1v) is 16.6. The number of rotatable bonds is 7. The van der Waals surface area contributed by atoms with Crippen LogP contribution in [0.25, 0.3) is 78.7 Å². The van der Waals surface area contributed by atoms with Gasteiger partial charge in [-0.05, 0) is 80.9 Å². The van der Waals surface area contributed by atoms with Crippen molar-refractivity contribution in [2.75, 3.05) is 0 Å². The predicted octanol–water partition coefficient (Wildman–Crippen LogP) is 12.2. The smallest absolute Gasteiger partial charge is 0.164 e. The van der Waals surface area contributed by atoms with Gasteiger partial charge in [0, 0.05) is 21.7 Å². The van der Waals surface area contributed by atoms with Crippen molar-refractivity contribution in [1.82, 2.24) is 15.0 Å². The molecule has 0 saturated carbocycles. The summed E-state index contributed by atoms with van der Waals surface area (Å²) in [5.41, 5.74) is 11.6. The fraction of sp³-hybridized carbons (Fsp3) is 0. The molecular weight excluding hydrogens is 618 g/mol. The van der Waals surface area contributed by atoms with E-state index in [-0.39, 0.29) is 0 Å². The molecule has 0 atom stereocenters. The van der Waals surface area contributed by atoms with Crippen LogP contribution in [0.4, 0.5) is 0 Å². The molecule has 49 heavy (non-hydrogen) atoms. The van der Waals surface area contributed by atoms with E-state index in [9.17, 15) is 0 Å². The lowest BCUT2D eigenvalue weighted by Crippen LogP contribution is -2.00. The van der Waals surface area contributed by atoms with E-state index in [4.69, 9.17) is 26.6 Å². The first-order valence-electron chi connectivity index (χ1n) is 16.2. The van der Waals surface area contributed by atoms with Crippen LogP contribution in [0.3, 0.4) is 0 Å². The van der Waals surface area contributed by atoms with Gasteiger partial charge in [0.1, 0.15) is 0 Å². The quantitative estimate of drug-likeness (QED) is 0.173. The van der Waals surface area contributed by atoms with E-state index in [0.717, 1.165) is 66.2 Å². The molecule has 8 aromatic rings. The highest BCUT2D eigenvalue weighted by molar-refractivity contribution is 6.30. The topological polar surface area (TPSA) is 38.7 Å². The Morgan fingerprint density at radius 1 is 0.245 bits per heavy atom. The molecule has 0 saturated heterocycles. The lowest BCUT2D eigenvalue weighted by molar-refractivity contribution is 1.07. The molecule has 0 aliphatic heterocycles. The lowest BCUT2D eigenvalue weighted by atomic mass is 9.98. The van der Waals surface area contributed by atoms with Crippen molar-refractivity contribution in [3.8, 4) is 78.7 Å². The Kier molecular flexibility index (Phi) is 8.33. The Morgan fingerprint density at radius 2 is 0.510 bits per heavy atom. The second-order valence-corrected chi connectivity index (χ2v) is 12.3. The average Bonchev–Trinajstić information content (AvgIpc) is 3.18. The van der Waals surface area contributed by atoms with Gasteiger partial charge in [-0.2, -0.15) is 0 Å². The lowest BCUT2D eigenvalue weighted by Gasteiger charge is -2.12. The van der Waals surface area contributed by atoms with Crippen molar-refractivity contribution in [3.05, 3.63) is 187 Å². The zero-order valence-electron chi connectivity index (χ0n) is 26.5. The SMILES string of the molecule is Clc1cccc(-c2cccc(-c3cccc(-c4nc(-c5cccc(-c6ccccc6)c5)nc(-c5cccc(-c6ccccc6)c5)n4)c3)c2)c1. The molecule has 3 nitrogen and oxygen atoms in total. The maximum absolute atomic E-state index is 6.31. The summed E-state index contributed by atoms with van der Waals surface area (Å²) >= 11 is 6.31. The fourth-order valence-electron chi connectivity index (χ4n) is 6.08. The highest BCUT2D eigenvalue weighted by atomic mass is 35.5. The molecule has 0 radical (unpaired) electrons. The minimum Gasteiger partial charge on any atom is -0.208 e. The molecule has 7 aromatic carbocycles. The molecule has 4 heteroatoms. The Balaban J connectivity index is 1.24. The number of nitrogens with zero attached hydrogens (tertiary/aromatic N) is 3. The molecule has 0 bridgehead atoms. The minimum absolute atomic E-state index is 0.614. The summed E-state index contributed by atoms with van der Waals surface area (Å²) in [5, 5.41) is 0.718. The van der Waals surface area contributed by atoms with Gasteiger partial charge in [0.05, 0.1) is 0 Å². The Bertz CT molecular complexity index is 2300. The van der Waals surface area contributed by atoms with Crippen molar-refractivity contribution >= 4 is 11.6 Å². The summed E-state index contributed by atoms with van der Waals surface area (Å²) in [6.45, 7) is 0. The van der Waals surface area contributed by atoms with Gasteiger partial charge in [-0.3, -0.25) is 0 Å². The summed E-state index contributed by atoms with van der Waals surface area (Å²) in [6.07, 6.45) is 0. The zero-order chi connectivity index (χ0) is 33.0. The number of benzene rings is 7. The second kappa shape index (κ2) is 13.5. The third kappa shape index (κ3) is 6.66. The van der Waals surface area contributed by atoms with Gasteiger partial charge >= 0.3 is 0 Å². The van der Waals surface area contributed by atoms with Gasteiger partial charge in [0.25, 0.3) is 0 Å². The van der Waals surface area contributed by atoms with Crippen LogP contribution in [0.15, 0.2) is 182 Å². The van der Waals surface area contributed by atoms with E-state index >= 15 is 0 Å². The first kappa shape index (κ1) is 30.2. The van der Waals surface area contributed by atoms with E-state index in [1.165, 1.54) is 0 Å². The van der Waals surface area contributed by atoms with Gasteiger partial charge in [0.2, 0.25) is 0 Å². The van der Waals surface area contributed by atoms with Crippen LogP contribution in [-0.2, 0) is 0 Å². The third-order valence-corrected chi connectivity index (χ3v) is 8.80. The second-order valence-electron chi connectivity index (χ2n) is 11.9. The van der Waals surface area contributed by atoms with Gasteiger partial charge in [-0.15, -0.1) is 0 Å². The Labute approximate surface area is 291 Å². The van der Waals surface area contributed by atoms with Crippen molar-refractivity contribution in [2.45, 2.75) is 0 Å². The standard InChI is InChI=1S/C45H30ClN3/c46-42-25-11-21-38(30-42)36-19-7-18-35(26-36)37-20-10-24-41(29-37)45-48-43(39-22-8-16-33(27-39)31-12-3-1-4-13-31)47-44(49-45)40-23-9-17-34(28-40)32-14-5-2-6-15-32/h1-30H. The van der Waals surface area contributed by atoms with E-state index in [1.54, 1.807) is 0 Å². The maximum atomic E-state index is 6.31. The normalized spacial score (nSPS) is 11.0. The molecule has 0 aliphatic rings. The van der Waals surface area contributed by atoms with Gasteiger partial charge < -0.3 is 0 Å². The summed E-state index contributed by atoms with van der Waals surface area (Å²) < 4.78 is 0. The molecule has 0 unspecified atom stereocenters. The van der Waals surface area contributed by atoms with Crippen LogP contribution in [0, 0.1) is 0 Å². The van der Waals surface area contributed by atoms with Gasteiger partial charge in [-0.25, -0.2) is 15.0 Å². The Morgan fingerprint density at radius 3 is 0.878 bits per heavy atom. The predicted molar refractivity (Wildman–Crippen MR) is 203 cm³/mol. The van der Waals surface area contributed by atoms with Gasteiger partial charge in [0.15, 0.2) is 17.5 Å². The largest absolute Gasteiger partial charge is 0.208 e. The van der Waals surface area contributed by atoms with Crippen LogP contribution in [0.5, 0.6) is 0 Å². The first-order chi connectivity index (χ1) is 24.2. The molecule has 0 spiro atoms. The van der Waals surface area contributed by atoms with Crippen molar-refractivity contribution < 1.29 is 0 Å². The van der Waals surface area contributed by atoms with Crippen LogP contribution in [0.1, 0.15) is 0 Å². The minimum atomic E-state index is 0.614. The van der Waals surface area contributed by atoms with E-state index in [0.29, 0.717) is 17.5 Å². The number of hydrogen-bond donors (Lipinski definition) is 0. The monoisotopic (exact) mass is 647 g/mol. The van der Waals surface area contributed by atoms with Crippen LogP contribution in [0.2, 0.25) is 5.02 Å². The Hall–Kier alpha value is -6.16. The summed E-state index contributed by atoms with van der Waals surface area (Å²) in [7, 11) is 0. The zero-order valence-corrected chi connectivity index (χ0v) is 27.3. The molecular formula is C45H30ClN3. The molecule has 1 aromatic heterocycles. The molecule has 8 rings (SSSR count). The summed E-state index contributed by atoms with van der Waals surface area (Å²) in [5.74, 6) is 1.86. The van der Waals surface area contributed by atoms with E-state index in [1.807, 2.05) is 30.3 Å². The van der Waals surface area contributed by atoms with Crippen molar-refractivity contribution in [1.29, 1.82) is 0 Å². The van der Waals surface area contributed by atoms with Crippen molar-refractivity contribution in [2.24, 2.45) is 0 Å². The number of halogens is 1. The summed E-state index contributed by atoms with van der Waals surface area (Å²) in [4.78, 5) is 15.2. The maximum Gasteiger partial charge on any atom is 0.164 e. The molecule has 0 fully saturated rings. The van der Waals surface area contributed by atoms with Crippen LogP contribution < -0.4 is 0 Å². The number of aromatic nitrogens is 3. The third-order valence-electron chi connectivity index (χ3n) is 8.57. The fourth-order valence-corrected chi connectivity index (χ4v) is 6.27. The van der Waals surface area contributed by atoms with E-state index in [2.05, 4.69) is 152 Å². The highest BCUT2D eigenvalue weighted by Gasteiger charge is 2.15. The molecule has 0 N–H and O–H groups in total. The van der Waals surface area contributed by atoms with E-state index < -0.39 is 0 Å². The van der Waals surface area contributed by atoms with Crippen LogP contribution in [-0.4, -0.2) is 15.0 Å². The van der Waals surface area contributed by atoms with Crippen LogP contribution >= 0.6 is 11.6 Å². The summed E-state index contributed by atoms with van der Waals surface area (Å²) in [6, 6.07) is 62.4. The molecule has 1 heterocycles. The highest BCUT2D eigenvalue weighted by Crippen LogP contribution is 2.33. The van der Waals surface area contributed by atoms with Gasteiger partial charge in [-0.1, -0.05) is 157 Å². The molecule has 0 amide bonds. The van der Waals surface area contributed by atoms with Crippen molar-refractivity contribution in [3.63, 3.8) is 0 Å².